The molecule has 0 bridgehead atoms. The van der Waals surface area contributed by atoms with Gasteiger partial charge in [-0.25, -0.2) is 4.68 Å². The second kappa shape index (κ2) is 6.23. The number of hydrogen-bond donors (Lipinski definition) is 1. The predicted octanol–water partition coefficient (Wildman–Crippen LogP) is 2.44. The van der Waals surface area contributed by atoms with E-state index in [1.54, 1.807) is 7.11 Å². The Bertz CT molecular complexity index is 562. The van der Waals surface area contributed by atoms with Crippen LogP contribution < -0.4 is 10.9 Å². The van der Waals surface area contributed by atoms with Crippen LogP contribution in [0, 0.1) is 0 Å². The molecular weight excluding hydrogens is 311 g/mol. The summed E-state index contributed by atoms with van der Waals surface area (Å²) in [5.41, 5.74) is -0.706. The Hall–Kier alpha value is -1.28. The van der Waals surface area contributed by atoms with Crippen molar-refractivity contribution in [1.29, 1.82) is 0 Å². The van der Waals surface area contributed by atoms with E-state index in [0.717, 1.165) is 25.5 Å². The number of hydrogen-bond acceptors (Lipinski definition) is 4. The van der Waals surface area contributed by atoms with Crippen LogP contribution >= 0.6 is 11.6 Å². The third kappa shape index (κ3) is 4.10. The van der Waals surface area contributed by atoms with Gasteiger partial charge in [0.25, 0.3) is 5.56 Å². The molecule has 2 unspecified atom stereocenters. The van der Waals surface area contributed by atoms with E-state index in [4.69, 9.17) is 16.3 Å². The van der Waals surface area contributed by atoms with Crippen molar-refractivity contribution < 1.29 is 17.9 Å². The fourth-order valence-electron chi connectivity index (χ4n) is 2.35. The Morgan fingerprint density at radius 3 is 2.81 bits per heavy atom. The Kier molecular flexibility index (Phi) is 4.77. The summed E-state index contributed by atoms with van der Waals surface area (Å²) in [5, 5.41) is 6.26. The fraction of sp³-hybridized carbons (Fsp3) is 0.667. The van der Waals surface area contributed by atoms with E-state index in [9.17, 15) is 18.0 Å². The SMILES string of the molecule is COC1CCC(Nc2cnn(CC(F)(F)F)c(=O)c2Cl)C1. The monoisotopic (exact) mass is 325 g/mol. The number of halogens is 4. The number of aromatic nitrogens is 2. The molecule has 2 rings (SSSR count). The maximum atomic E-state index is 12.3. The number of ether oxygens (including phenoxy) is 1. The van der Waals surface area contributed by atoms with Crippen LogP contribution in [0.2, 0.25) is 5.02 Å². The number of rotatable bonds is 4. The Labute approximate surface area is 124 Å². The lowest BCUT2D eigenvalue weighted by molar-refractivity contribution is -0.143. The van der Waals surface area contributed by atoms with E-state index in [2.05, 4.69) is 10.4 Å². The van der Waals surface area contributed by atoms with Crippen LogP contribution in [0.5, 0.6) is 0 Å². The normalized spacial score (nSPS) is 22.5. The van der Waals surface area contributed by atoms with Crippen molar-refractivity contribution in [1.82, 2.24) is 9.78 Å². The van der Waals surface area contributed by atoms with Gasteiger partial charge in [-0.1, -0.05) is 11.6 Å². The molecule has 1 saturated carbocycles. The van der Waals surface area contributed by atoms with Crippen molar-refractivity contribution in [3.8, 4) is 0 Å². The molecule has 0 radical (unpaired) electrons. The van der Waals surface area contributed by atoms with E-state index in [-0.39, 0.29) is 22.9 Å². The molecule has 1 fully saturated rings. The van der Waals surface area contributed by atoms with Crippen molar-refractivity contribution in [2.75, 3.05) is 12.4 Å². The first-order valence-electron chi connectivity index (χ1n) is 6.42. The standard InChI is InChI=1S/C12H15ClF3N3O2/c1-21-8-3-2-7(4-8)18-9-5-17-19(6-12(14,15)16)11(20)10(9)13/h5,7-8,18H,2-4,6H2,1H3. The van der Waals surface area contributed by atoms with Gasteiger partial charge in [-0.3, -0.25) is 4.79 Å². The highest BCUT2D eigenvalue weighted by Gasteiger charge is 2.30. The van der Waals surface area contributed by atoms with Gasteiger partial charge >= 0.3 is 6.18 Å². The fourth-order valence-corrected chi connectivity index (χ4v) is 2.55. The highest BCUT2D eigenvalue weighted by Crippen LogP contribution is 2.26. The smallest absolute Gasteiger partial charge is 0.381 e. The molecule has 21 heavy (non-hydrogen) atoms. The topological polar surface area (TPSA) is 56.1 Å². The van der Waals surface area contributed by atoms with Crippen LogP contribution in [0.4, 0.5) is 18.9 Å². The van der Waals surface area contributed by atoms with Gasteiger partial charge in [0.2, 0.25) is 0 Å². The zero-order valence-electron chi connectivity index (χ0n) is 11.3. The van der Waals surface area contributed by atoms with Gasteiger partial charge in [-0.05, 0) is 19.3 Å². The number of alkyl halides is 3. The predicted molar refractivity (Wildman–Crippen MR) is 71.6 cm³/mol. The molecule has 118 valence electrons. The second-order valence-corrected chi connectivity index (χ2v) is 5.34. The Morgan fingerprint density at radius 2 is 2.24 bits per heavy atom. The molecule has 2 atom stereocenters. The minimum absolute atomic E-state index is 0.0621. The summed E-state index contributed by atoms with van der Waals surface area (Å²) >= 11 is 5.84. The molecule has 9 heteroatoms. The maximum Gasteiger partial charge on any atom is 0.408 e. The van der Waals surface area contributed by atoms with Gasteiger partial charge < -0.3 is 10.1 Å². The summed E-state index contributed by atoms with van der Waals surface area (Å²) in [5.74, 6) is 0. The second-order valence-electron chi connectivity index (χ2n) is 4.96. The zero-order chi connectivity index (χ0) is 15.6. The van der Waals surface area contributed by atoms with Gasteiger partial charge in [0.15, 0.2) is 0 Å². The molecule has 1 heterocycles. The summed E-state index contributed by atoms with van der Waals surface area (Å²) in [6.45, 7) is -1.46. The van der Waals surface area contributed by atoms with Gasteiger partial charge in [0.1, 0.15) is 11.6 Å². The minimum Gasteiger partial charge on any atom is -0.381 e. The molecule has 0 amide bonds. The Morgan fingerprint density at radius 1 is 1.52 bits per heavy atom. The van der Waals surface area contributed by atoms with E-state index >= 15 is 0 Å². The van der Waals surface area contributed by atoms with E-state index < -0.39 is 18.3 Å². The summed E-state index contributed by atoms with van der Waals surface area (Å²) in [7, 11) is 1.62. The first kappa shape index (κ1) is 16.1. The highest BCUT2D eigenvalue weighted by molar-refractivity contribution is 6.32. The highest BCUT2D eigenvalue weighted by atomic mass is 35.5. The summed E-state index contributed by atoms with van der Waals surface area (Å²) < 4.78 is 42.4. The number of nitrogens with zero attached hydrogens (tertiary/aromatic N) is 2. The first-order chi connectivity index (χ1) is 9.80. The third-order valence-electron chi connectivity index (χ3n) is 3.39. The molecule has 1 aliphatic rings. The third-order valence-corrected chi connectivity index (χ3v) is 3.76. The van der Waals surface area contributed by atoms with Crippen molar-refractivity contribution in [2.45, 2.75) is 44.1 Å². The average molecular weight is 326 g/mol. The molecule has 0 spiro atoms. The van der Waals surface area contributed by atoms with Gasteiger partial charge in [-0.15, -0.1) is 0 Å². The van der Waals surface area contributed by atoms with Crippen LogP contribution in [-0.2, 0) is 11.3 Å². The lowest BCUT2D eigenvalue weighted by Crippen LogP contribution is -2.31. The minimum atomic E-state index is -4.52. The molecule has 5 nitrogen and oxygen atoms in total. The number of methoxy groups -OCH3 is 1. The lowest BCUT2D eigenvalue weighted by atomic mass is 10.2. The van der Waals surface area contributed by atoms with Crippen molar-refractivity contribution in [3.05, 3.63) is 21.6 Å². The molecule has 1 aromatic heterocycles. The summed E-state index contributed by atoms with van der Waals surface area (Å²) in [4.78, 5) is 11.8. The molecule has 1 N–H and O–H groups in total. The first-order valence-corrected chi connectivity index (χ1v) is 6.79. The molecule has 0 aromatic carbocycles. The molecule has 1 aromatic rings. The van der Waals surface area contributed by atoms with Crippen molar-refractivity contribution in [2.24, 2.45) is 0 Å². The number of nitrogens with one attached hydrogen (secondary N) is 1. The van der Waals surface area contributed by atoms with Crippen molar-refractivity contribution >= 4 is 17.3 Å². The quantitative estimate of drug-likeness (QED) is 0.924. The van der Waals surface area contributed by atoms with Gasteiger partial charge in [0, 0.05) is 13.2 Å². The van der Waals surface area contributed by atoms with Crippen LogP contribution in [-0.4, -0.2) is 35.2 Å². The van der Waals surface area contributed by atoms with E-state index in [1.807, 2.05) is 0 Å². The van der Waals surface area contributed by atoms with E-state index in [1.165, 1.54) is 0 Å². The number of anilines is 1. The van der Waals surface area contributed by atoms with Gasteiger partial charge in [0.05, 0.1) is 18.0 Å². The summed E-state index contributed by atoms with van der Waals surface area (Å²) in [6.07, 6.45) is -0.773. The van der Waals surface area contributed by atoms with Crippen LogP contribution in [0.25, 0.3) is 0 Å². The summed E-state index contributed by atoms with van der Waals surface area (Å²) in [6, 6.07) is 0.0621. The maximum absolute atomic E-state index is 12.3. The van der Waals surface area contributed by atoms with E-state index in [0.29, 0.717) is 4.68 Å². The molecule has 0 aliphatic heterocycles. The largest absolute Gasteiger partial charge is 0.408 e. The van der Waals surface area contributed by atoms with Gasteiger partial charge in [-0.2, -0.15) is 18.3 Å². The zero-order valence-corrected chi connectivity index (χ0v) is 12.0. The molecule has 0 saturated heterocycles. The Balaban J connectivity index is 2.12. The van der Waals surface area contributed by atoms with Crippen LogP contribution in [0.3, 0.4) is 0 Å². The molecule has 1 aliphatic carbocycles. The van der Waals surface area contributed by atoms with Crippen molar-refractivity contribution in [3.63, 3.8) is 0 Å². The molecular formula is C12H15ClF3N3O2. The lowest BCUT2D eigenvalue weighted by Gasteiger charge is -2.16. The van der Waals surface area contributed by atoms with Crippen LogP contribution in [0.15, 0.2) is 11.0 Å². The average Bonchev–Trinajstić information content (AvgIpc) is 2.85. The van der Waals surface area contributed by atoms with Crippen LogP contribution in [0.1, 0.15) is 19.3 Å².